The Kier molecular flexibility index (Phi) is 19.6. The molecule has 0 heterocycles. The third-order valence-corrected chi connectivity index (χ3v) is 4.38. The quantitative estimate of drug-likeness (QED) is 0.0976. The number of hydrogen-bond acceptors (Lipinski definition) is 10. The van der Waals surface area contributed by atoms with Crippen molar-refractivity contribution in [2.24, 2.45) is 0 Å². The van der Waals surface area contributed by atoms with Crippen LogP contribution in [0.4, 0.5) is 0 Å². The summed E-state index contributed by atoms with van der Waals surface area (Å²) < 4.78 is 19.0. The van der Waals surface area contributed by atoms with E-state index in [1.54, 1.807) is 0 Å². The van der Waals surface area contributed by atoms with Crippen molar-refractivity contribution in [2.75, 3.05) is 39.5 Å². The van der Waals surface area contributed by atoms with Gasteiger partial charge in [-0.25, -0.2) is 9.59 Å². The van der Waals surface area contributed by atoms with Gasteiger partial charge >= 0.3 is 23.9 Å². The molecule has 0 bridgehead atoms. The van der Waals surface area contributed by atoms with Gasteiger partial charge < -0.3 is 29.6 Å². The van der Waals surface area contributed by atoms with E-state index in [1.807, 2.05) is 0 Å². The molecule has 0 radical (unpaired) electrons. The number of esters is 4. The van der Waals surface area contributed by atoms with E-state index in [2.05, 4.69) is 33.3 Å². The highest BCUT2D eigenvalue weighted by Gasteiger charge is 2.09. The van der Waals surface area contributed by atoms with Crippen molar-refractivity contribution in [3.05, 3.63) is 25.3 Å². The molecular weight excluding hydrogens is 476 g/mol. The van der Waals surface area contributed by atoms with Crippen LogP contribution in [-0.2, 0) is 47.7 Å². The Labute approximate surface area is 210 Å². The molecule has 0 atom stereocenters. The summed E-state index contributed by atoms with van der Waals surface area (Å²) in [6, 6.07) is 0. The largest absolute Gasteiger partial charge is 0.462 e. The van der Waals surface area contributed by atoms with Crippen LogP contribution in [-0.4, -0.2) is 75.2 Å². The van der Waals surface area contributed by atoms with E-state index in [1.165, 1.54) is 0 Å². The number of amides is 2. The molecule has 0 saturated carbocycles. The number of carbonyl (C=O) groups is 6. The number of nitrogens with one attached hydrogen (secondary N) is 2. The molecule has 2 amide bonds. The van der Waals surface area contributed by atoms with Gasteiger partial charge in [0.25, 0.3) is 0 Å². The molecule has 0 aliphatic heterocycles. The zero-order valence-electron chi connectivity index (χ0n) is 20.6. The second-order valence-electron chi connectivity index (χ2n) is 7.30. The zero-order valence-corrected chi connectivity index (χ0v) is 20.6. The first-order valence-electron chi connectivity index (χ1n) is 11.7. The van der Waals surface area contributed by atoms with Crippen LogP contribution in [0.3, 0.4) is 0 Å². The van der Waals surface area contributed by atoms with E-state index < -0.39 is 23.9 Å². The van der Waals surface area contributed by atoms with E-state index >= 15 is 0 Å². The fourth-order valence-electron chi connectivity index (χ4n) is 2.52. The Morgan fingerprint density at radius 3 is 1.25 bits per heavy atom. The lowest BCUT2D eigenvalue weighted by atomic mass is 10.2. The monoisotopic (exact) mass is 512 g/mol. The molecule has 0 spiro atoms. The molecule has 0 fully saturated rings. The van der Waals surface area contributed by atoms with Crippen molar-refractivity contribution in [1.29, 1.82) is 0 Å². The van der Waals surface area contributed by atoms with E-state index in [4.69, 9.17) is 9.47 Å². The molecule has 12 nitrogen and oxygen atoms in total. The minimum absolute atomic E-state index is 0.00756. The number of unbranched alkanes of at least 4 members (excludes halogenated alkanes) is 3. The zero-order chi connectivity index (χ0) is 27.0. The van der Waals surface area contributed by atoms with Gasteiger partial charge in [0.1, 0.15) is 26.4 Å². The van der Waals surface area contributed by atoms with Crippen LogP contribution < -0.4 is 10.6 Å². The van der Waals surface area contributed by atoms with Crippen LogP contribution in [0.2, 0.25) is 0 Å². The van der Waals surface area contributed by atoms with Gasteiger partial charge in [0.05, 0.1) is 12.8 Å². The normalized spacial score (nSPS) is 9.89. The highest BCUT2D eigenvalue weighted by molar-refractivity contribution is 5.82. The Morgan fingerprint density at radius 1 is 0.528 bits per heavy atom. The average molecular weight is 513 g/mol. The molecule has 0 aliphatic rings. The molecule has 202 valence electrons. The lowest BCUT2D eigenvalue weighted by Gasteiger charge is -2.07. The van der Waals surface area contributed by atoms with Gasteiger partial charge in [-0.1, -0.05) is 26.0 Å². The number of rotatable bonds is 21. The van der Waals surface area contributed by atoms with Gasteiger partial charge in [-0.15, -0.1) is 0 Å². The molecule has 36 heavy (non-hydrogen) atoms. The van der Waals surface area contributed by atoms with Crippen LogP contribution in [0.1, 0.15) is 51.4 Å². The maximum absolute atomic E-state index is 11.7. The lowest BCUT2D eigenvalue weighted by Crippen LogP contribution is -2.26. The van der Waals surface area contributed by atoms with Crippen LogP contribution >= 0.6 is 0 Å². The van der Waals surface area contributed by atoms with Crippen molar-refractivity contribution in [3.63, 3.8) is 0 Å². The van der Waals surface area contributed by atoms with E-state index in [-0.39, 0.29) is 63.9 Å². The summed E-state index contributed by atoms with van der Waals surface area (Å²) >= 11 is 0. The smallest absolute Gasteiger partial charge is 0.330 e. The van der Waals surface area contributed by atoms with Gasteiger partial charge in [0, 0.05) is 38.1 Å². The minimum Gasteiger partial charge on any atom is -0.462 e. The average Bonchev–Trinajstić information content (AvgIpc) is 2.87. The predicted octanol–water partition coefficient (Wildman–Crippen LogP) is 0.884. The van der Waals surface area contributed by atoms with Crippen molar-refractivity contribution < 1.29 is 47.7 Å². The summed E-state index contributed by atoms with van der Waals surface area (Å²) in [6.07, 6.45) is 5.11. The maximum atomic E-state index is 11.7. The third kappa shape index (κ3) is 20.9. The van der Waals surface area contributed by atoms with E-state index in [9.17, 15) is 28.8 Å². The van der Waals surface area contributed by atoms with Crippen LogP contribution in [0.25, 0.3) is 0 Å². The second-order valence-corrected chi connectivity index (χ2v) is 7.30. The molecule has 0 unspecified atom stereocenters. The van der Waals surface area contributed by atoms with E-state index in [0.29, 0.717) is 13.1 Å². The van der Waals surface area contributed by atoms with Gasteiger partial charge in [0.2, 0.25) is 11.8 Å². The molecule has 0 aromatic rings. The Hall–Kier alpha value is -3.70. The molecule has 0 aromatic heterocycles. The highest BCUT2D eigenvalue weighted by atomic mass is 16.6. The summed E-state index contributed by atoms with van der Waals surface area (Å²) in [7, 11) is 0. The summed E-state index contributed by atoms with van der Waals surface area (Å²) in [5.74, 6) is -2.82. The number of ether oxygens (including phenoxy) is 4. The summed E-state index contributed by atoms with van der Waals surface area (Å²) in [5.41, 5.74) is 0. The molecule has 2 N–H and O–H groups in total. The Morgan fingerprint density at radius 2 is 0.889 bits per heavy atom. The number of hydrogen-bond donors (Lipinski definition) is 2. The first-order chi connectivity index (χ1) is 17.3. The van der Waals surface area contributed by atoms with E-state index in [0.717, 1.165) is 37.8 Å². The van der Waals surface area contributed by atoms with Crippen molar-refractivity contribution >= 4 is 35.7 Å². The molecular formula is C24H36N2O10. The second kappa shape index (κ2) is 21.8. The molecule has 0 rings (SSSR count). The van der Waals surface area contributed by atoms with Gasteiger partial charge in [-0.05, 0) is 12.8 Å². The van der Waals surface area contributed by atoms with Gasteiger partial charge in [-0.2, -0.15) is 0 Å². The van der Waals surface area contributed by atoms with Crippen molar-refractivity contribution in [3.8, 4) is 0 Å². The molecule has 0 saturated heterocycles. The fraction of sp³-hybridized carbons (Fsp3) is 0.583. The van der Waals surface area contributed by atoms with Gasteiger partial charge in [0.15, 0.2) is 0 Å². The first kappa shape index (κ1) is 32.3. The van der Waals surface area contributed by atoms with Crippen LogP contribution in [0.5, 0.6) is 0 Å². The van der Waals surface area contributed by atoms with Crippen molar-refractivity contribution in [2.45, 2.75) is 51.4 Å². The van der Waals surface area contributed by atoms with Crippen LogP contribution in [0, 0.1) is 0 Å². The Bertz CT molecular complexity index is 689. The van der Waals surface area contributed by atoms with Crippen LogP contribution in [0.15, 0.2) is 25.3 Å². The topological polar surface area (TPSA) is 163 Å². The maximum Gasteiger partial charge on any atom is 0.330 e. The summed E-state index contributed by atoms with van der Waals surface area (Å²) in [4.78, 5) is 68.1. The summed E-state index contributed by atoms with van der Waals surface area (Å²) in [5, 5.41) is 5.44. The third-order valence-electron chi connectivity index (χ3n) is 4.38. The SMILES string of the molecule is C=CC(=O)OCCOC(=O)CCC(=O)NCCCCCCNC(=O)CCC(=O)OCCOC(=O)C=C. The van der Waals surface area contributed by atoms with Crippen molar-refractivity contribution in [1.82, 2.24) is 10.6 Å². The standard InChI is InChI=1S/C24H36N2O10/c1-3-21(29)33-15-17-35-23(31)11-9-19(27)25-13-7-5-6-8-14-26-20(28)10-12-24(32)36-18-16-34-22(30)4-2/h3-4H,1-2,5-18H2,(H,25,27)(H,26,28). The molecule has 0 aliphatic carbocycles. The summed E-state index contributed by atoms with van der Waals surface area (Å²) in [6.45, 7) is 7.13. The molecule has 12 heteroatoms. The predicted molar refractivity (Wildman–Crippen MR) is 127 cm³/mol. The first-order valence-corrected chi connectivity index (χ1v) is 11.7. The lowest BCUT2D eigenvalue weighted by molar-refractivity contribution is -0.150. The molecule has 0 aromatic carbocycles. The number of carbonyl (C=O) groups excluding carboxylic acids is 6. The Balaban J connectivity index is 3.55. The van der Waals surface area contributed by atoms with Gasteiger partial charge in [-0.3, -0.25) is 19.2 Å². The highest BCUT2D eigenvalue weighted by Crippen LogP contribution is 2.00. The fourth-order valence-corrected chi connectivity index (χ4v) is 2.52. The minimum atomic E-state index is -0.603.